The molecule has 5 heteroatoms. The average Bonchev–Trinajstić information content (AvgIpc) is 3.00. The van der Waals surface area contributed by atoms with E-state index in [1.165, 1.54) is 0 Å². The Hall–Kier alpha value is -2.40. The van der Waals surface area contributed by atoms with Crippen LogP contribution in [-0.4, -0.2) is 5.91 Å². The topological polar surface area (TPSA) is 68.5 Å². The van der Waals surface area contributed by atoms with E-state index in [2.05, 4.69) is 19.2 Å². The van der Waals surface area contributed by atoms with Gasteiger partial charge in [0.05, 0.1) is 13.2 Å². The van der Waals surface area contributed by atoms with Crippen LogP contribution in [0.3, 0.4) is 0 Å². The molecule has 1 aliphatic rings. The van der Waals surface area contributed by atoms with E-state index in [-0.39, 0.29) is 5.56 Å². The lowest BCUT2D eigenvalue weighted by Crippen LogP contribution is -2.23. The van der Waals surface area contributed by atoms with Crippen molar-refractivity contribution in [2.75, 3.05) is 5.32 Å². The van der Waals surface area contributed by atoms with E-state index >= 15 is 0 Å². The van der Waals surface area contributed by atoms with Crippen molar-refractivity contribution in [1.29, 1.82) is 0 Å². The normalized spacial score (nSPS) is 13.1. The first kappa shape index (κ1) is 17.4. The second-order valence-corrected chi connectivity index (χ2v) is 6.92. The number of carbonyl (C=O) groups excluding carboxylic acids is 1. The monoisotopic (exact) mass is 341 g/mol. The fourth-order valence-electron chi connectivity index (χ4n) is 2.94. The Morgan fingerprint density at radius 2 is 1.96 bits per heavy atom. The highest BCUT2D eigenvalue weighted by molar-refractivity contribution is 6.04. The molecule has 0 atom stereocenters. The molecule has 5 nitrogen and oxygen atoms in total. The van der Waals surface area contributed by atoms with E-state index in [0.29, 0.717) is 42.6 Å². The molecule has 3 rings (SSSR count). The first-order chi connectivity index (χ1) is 11.9. The number of nitrogens with one attached hydrogen (secondary N) is 1. The lowest BCUT2D eigenvalue weighted by molar-refractivity contribution is 0.102. The largest absolute Gasteiger partial charge is 0.427 e. The van der Waals surface area contributed by atoms with E-state index in [4.69, 9.17) is 9.15 Å². The molecule has 1 amide bonds. The Morgan fingerprint density at radius 1 is 1.20 bits per heavy atom. The van der Waals surface area contributed by atoms with Gasteiger partial charge in [-0.2, -0.15) is 0 Å². The standard InChI is InChI=1S/C20H23NO4/c1-12(2)4-7-17-8-13(3)18(20(23)25-17)19(22)21-16-6-5-14-10-24-11-15(14)9-16/h5-6,8-9,12H,4,7,10-11H2,1-3H3,(H,21,22). The summed E-state index contributed by atoms with van der Waals surface area (Å²) in [6.45, 7) is 7.15. The van der Waals surface area contributed by atoms with Crippen molar-refractivity contribution in [3.63, 3.8) is 0 Å². The minimum atomic E-state index is -0.583. The summed E-state index contributed by atoms with van der Waals surface area (Å²) in [5.41, 5.74) is 2.95. The molecule has 1 N–H and O–H groups in total. The zero-order valence-corrected chi connectivity index (χ0v) is 14.8. The van der Waals surface area contributed by atoms with Gasteiger partial charge >= 0.3 is 5.63 Å². The molecule has 1 aromatic carbocycles. The number of amides is 1. The molecule has 0 spiro atoms. The summed E-state index contributed by atoms with van der Waals surface area (Å²) in [4.78, 5) is 24.8. The molecule has 132 valence electrons. The maximum atomic E-state index is 12.5. The van der Waals surface area contributed by atoms with Crippen LogP contribution < -0.4 is 10.9 Å². The average molecular weight is 341 g/mol. The SMILES string of the molecule is Cc1cc(CCC(C)C)oc(=O)c1C(=O)Nc1ccc2c(c1)COC2. The summed E-state index contributed by atoms with van der Waals surface area (Å²) in [6, 6.07) is 7.42. The molecule has 0 fully saturated rings. The van der Waals surface area contributed by atoms with Gasteiger partial charge in [-0.25, -0.2) is 4.79 Å². The Kier molecular flexibility index (Phi) is 5.04. The van der Waals surface area contributed by atoms with Crippen molar-refractivity contribution >= 4 is 11.6 Å². The quantitative estimate of drug-likeness (QED) is 0.898. The molecule has 1 aliphatic heterocycles. The van der Waals surface area contributed by atoms with Gasteiger partial charge in [0, 0.05) is 12.1 Å². The second kappa shape index (κ2) is 7.23. The van der Waals surface area contributed by atoms with Gasteiger partial charge in [-0.3, -0.25) is 4.79 Å². The Bertz CT molecular complexity index is 851. The third-order valence-electron chi connectivity index (χ3n) is 4.37. The Morgan fingerprint density at radius 3 is 2.68 bits per heavy atom. The maximum Gasteiger partial charge on any atom is 0.349 e. The molecule has 2 aromatic rings. The van der Waals surface area contributed by atoms with Crippen LogP contribution in [0.5, 0.6) is 0 Å². The van der Waals surface area contributed by atoms with Crippen molar-refractivity contribution in [2.45, 2.75) is 46.8 Å². The van der Waals surface area contributed by atoms with Crippen LogP contribution in [0.2, 0.25) is 0 Å². The number of benzene rings is 1. The molecule has 2 heterocycles. The minimum absolute atomic E-state index is 0.0602. The van der Waals surface area contributed by atoms with Crippen molar-refractivity contribution in [1.82, 2.24) is 0 Å². The summed E-state index contributed by atoms with van der Waals surface area (Å²) < 4.78 is 10.7. The number of anilines is 1. The lowest BCUT2D eigenvalue weighted by Gasteiger charge is -2.09. The third kappa shape index (κ3) is 3.99. The van der Waals surface area contributed by atoms with Crippen molar-refractivity contribution in [3.05, 3.63) is 62.7 Å². The van der Waals surface area contributed by atoms with Crippen molar-refractivity contribution in [3.8, 4) is 0 Å². The highest BCUT2D eigenvalue weighted by Crippen LogP contribution is 2.23. The molecule has 0 bridgehead atoms. The molecule has 0 radical (unpaired) electrons. The number of rotatable bonds is 5. The number of hydrogen-bond acceptors (Lipinski definition) is 4. The third-order valence-corrected chi connectivity index (χ3v) is 4.37. The van der Waals surface area contributed by atoms with Crippen LogP contribution in [0.25, 0.3) is 0 Å². The Labute approximate surface area is 147 Å². The minimum Gasteiger partial charge on any atom is -0.427 e. The van der Waals surface area contributed by atoms with Crippen LogP contribution in [-0.2, 0) is 24.4 Å². The van der Waals surface area contributed by atoms with Gasteiger partial charge in [0.15, 0.2) is 0 Å². The summed E-state index contributed by atoms with van der Waals surface area (Å²) in [5, 5.41) is 2.78. The number of carbonyl (C=O) groups is 1. The first-order valence-electron chi connectivity index (χ1n) is 8.58. The van der Waals surface area contributed by atoms with Gasteiger partial charge in [-0.15, -0.1) is 0 Å². The predicted molar refractivity (Wildman–Crippen MR) is 95.8 cm³/mol. The van der Waals surface area contributed by atoms with E-state index in [0.717, 1.165) is 17.5 Å². The smallest absolute Gasteiger partial charge is 0.349 e. The molecule has 25 heavy (non-hydrogen) atoms. The number of ether oxygens (including phenoxy) is 1. The highest BCUT2D eigenvalue weighted by atomic mass is 16.5. The van der Waals surface area contributed by atoms with E-state index in [1.807, 2.05) is 18.2 Å². The van der Waals surface area contributed by atoms with Gasteiger partial charge in [-0.1, -0.05) is 19.9 Å². The maximum absolute atomic E-state index is 12.5. The zero-order valence-electron chi connectivity index (χ0n) is 14.8. The number of fused-ring (bicyclic) bond motifs is 1. The molecule has 0 aliphatic carbocycles. The van der Waals surface area contributed by atoms with E-state index < -0.39 is 11.5 Å². The lowest BCUT2D eigenvalue weighted by atomic mass is 10.0. The summed E-state index contributed by atoms with van der Waals surface area (Å²) >= 11 is 0. The molecule has 1 aromatic heterocycles. The Balaban J connectivity index is 1.79. The molecule has 0 unspecified atom stereocenters. The van der Waals surface area contributed by atoms with Gasteiger partial charge in [0.25, 0.3) is 5.91 Å². The molecule has 0 saturated heterocycles. The fraction of sp³-hybridized carbons (Fsp3) is 0.400. The van der Waals surface area contributed by atoms with Crippen molar-refractivity contribution < 1.29 is 13.9 Å². The molecular formula is C20H23NO4. The second-order valence-electron chi connectivity index (χ2n) is 6.92. The van der Waals surface area contributed by atoms with Crippen LogP contribution in [0.1, 0.15) is 53.1 Å². The van der Waals surface area contributed by atoms with Crippen LogP contribution in [0, 0.1) is 12.8 Å². The van der Waals surface area contributed by atoms with Crippen LogP contribution in [0.15, 0.2) is 33.5 Å². The molecule has 0 saturated carbocycles. The highest BCUT2D eigenvalue weighted by Gasteiger charge is 2.18. The first-order valence-corrected chi connectivity index (χ1v) is 8.58. The van der Waals surface area contributed by atoms with E-state index in [1.54, 1.807) is 13.0 Å². The predicted octanol–water partition coefficient (Wildman–Crippen LogP) is 3.82. The van der Waals surface area contributed by atoms with Crippen LogP contribution in [0.4, 0.5) is 5.69 Å². The molecular weight excluding hydrogens is 318 g/mol. The van der Waals surface area contributed by atoms with Gasteiger partial charge < -0.3 is 14.5 Å². The van der Waals surface area contributed by atoms with Gasteiger partial charge in [0.1, 0.15) is 11.3 Å². The summed E-state index contributed by atoms with van der Waals surface area (Å²) in [6.07, 6.45) is 1.63. The number of hydrogen-bond donors (Lipinski definition) is 1. The van der Waals surface area contributed by atoms with E-state index in [9.17, 15) is 9.59 Å². The fourth-order valence-corrected chi connectivity index (χ4v) is 2.94. The van der Waals surface area contributed by atoms with Crippen LogP contribution >= 0.6 is 0 Å². The summed E-state index contributed by atoms with van der Waals surface area (Å²) in [5.74, 6) is 0.709. The summed E-state index contributed by atoms with van der Waals surface area (Å²) in [7, 11) is 0. The van der Waals surface area contributed by atoms with Crippen molar-refractivity contribution in [2.24, 2.45) is 5.92 Å². The zero-order chi connectivity index (χ0) is 18.0. The van der Waals surface area contributed by atoms with Gasteiger partial charge in [0.2, 0.25) is 0 Å². The van der Waals surface area contributed by atoms with Gasteiger partial charge in [-0.05, 0) is 54.2 Å². The number of aryl methyl sites for hydroxylation is 2.